The fourth-order valence-corrected chi connectivity index (χ4v) is 4.52. The number of hydrogen-bond donors (Lipinski definition) is 2. The number of benzene rings is 1. The van der Waals surface area contributed by atoms with Crippen molar-refractivity contribution in [1.82, 2.24) is 24.6 Å². The minimum Gasteiger partial charge on any atom is -0.373 e. The fourth-order valence-electron chi connectivity index (χ4n) is 4.52. The van der Waals surface area contributed by atoms with Gasteiger partial charge in [0.25, 0.3) is 0 Å². The number of anilines is 1. The maximum atomic E-state index is 13.4. The molecule has 9 heteroatoms. The molecule has 0 spiro atoms. The van der Waals surface area contributed by atoms with Crippen LogP contribution in [-0.4, -0.2) is 57.5 Å². The Morgan fingerprint density at radius 1 is 1.15 bits per heavy atom. The summed E-state index contributed by atoms with van der Waals surface area (Å²) in [5, 5.41) is 3.31. The summed E-state index contributed by atoms with van der Waals surface area (Å²) in [6.45, 7) is 6.60. The summed E-state index contributed by atoms with van der Waals surface area (Å²) in [5.74, 6) is 0.136. The second kappa shape index (κ2) is 8.42. The second-order valence-electron chi connectivity index (χ2n) is 8.64. The van der Waals surface area contributed by atoms with Crippen LogP contribution in [0.4, 0.5) is 5.95 Å². The van der Waals surface area contributed by atoms with Crippen LogP contribution < -0.4 is 15.8 Å². The number of morpholine rings is 1. The Balaban J connectivity index is 1.75. The Hall–Kier alpha value is -3.56. The summed E-state index contributed by atoms with van der Waals surface area (Å²) in [6.07, 6.45) is -0.0910. The van der Waals surface area contributed by atoms with Gasteiger partial charge >= 0.3 is 11.6 Å². The number of aromatic amines is 1. The van der Waals surface area contributed by atoms with E-state index in [1.54, 1.807) is 4.68 Å². The van der Waals surface area contributed by atoms with E-state index in [2.05, 4.69) is 27.0 Å². The number of rotatable bonds is 4. The van der Waals surface area contributed by atoms with Gasteiger partial charge in [-0.1, -0.05) is 30.3 Å². The van der Waals surface area contributed by atoms with Crippen molar-refractivity contribution in [2.75, 3.05) is 32.5 Å². The van der Waals surface area contributed by atoms with Crippen molar-refractivity contribution in [2.24, 2.45) is 0 Å². The quantitative estimate of drug-likeness (QED) is 0.461. The van der Waals surface area contributed by atoms with E-state index in [9.17, 15) is 4.79 Å². The summed E-state index contributed by atoms with van der Waals surface area (Å²) >= 11 is 0. The van der Waals surface area contributed by atoms with Crippen LogP contribution in [0.5, 0.6) is 0 Å². The number of likely N-dealkylation sites (N-methyl/N-ethyl adjacent to an activating group) is 1. The molecule has 0 radical (unpaired) electrons. The Bertz CT molecular complexity index is 1360. The zero-order valence-electron chi connectivity index (χ0n) is 19.1. The first-order chi connectivity index (χ1) is 15.9. The summed E-state index contributed by atoms with van der Waals surface area (Å²) in [6, 6.07) is 13.9. The minimum atomic E-state index is -0.268. The SMILES string of the molecule is Cc1cc(-c2c(-c3ccccc3)nc(N)[n+]3c(=O)n(C[C@@H]4CN(C)CCO4)[nH]c23)cc(C)n1. The average molecular weight is 447 g/mol. The van der Waals surface area contributed by atoms with Gasteiger partial charge in [0, 0.05) is 30.0 Å². The molecule has 1 saturated heterocycles. The van der Waals surface area contributed by atoms with E-state index in [0.29, 0.717) is 24.5 Å². The smallest absolute Gasteiger partial charge is 0.373 e. The van der Waals surface area contributed by atoms with Gasteiger partial charge in [0.2, 0.25) is 5.65 Å². The van der Waals surface area contributed by atoms with Crippen LogP contribution in [0.2, 0.25) is 0 Å². The van der Waals surface area contributed by atoms with E-state index in [4.69, 9.17) is 10.5 Å². The molecule has 1 aromatic carbocycles. The van der Waals surface area contributed by atoms with E-state index in [1.807, 2.05) is 56.3 Å². The number of H-pyrrole nitrogens is 1. The number of hydrogen-bond acceptors (Lipinski definition) is 6. The molecule has 0 unspecified atom stereocenters. The standard InChI is InChI=1S/C24H27N7O2/c1-15-11-18(12-16(2)26-15)20-21(17-7-5-4-6-8-17)27-23(25)31-22(20)28-30(24(31)32)14-19-13-29(3)9-10-33-19/h4-8,11-12,19H,9-10,13-14H2,1-3H3,(H2,25,26,27,28)/p+1/t19-/m0/s1. The third-order valence-corrected chi connectivity index (χ3v) is 5.96. The Morgan fingerprint density at radius 2 is 1.88 bits per heavy atom. The number of nitrogens with one attached hydrogen (secondary N) is 1. The molecule has 1 aliphatic heterocycles. The molecule has 1 atom stereocenters. The third kappa shape index (κ3) is 4.01. The minimum absolute atomic E-state index is 0.0910. The summed E-state index contributed by atoms with van der Waals surface area (Å²) in [5.41, 5.74) is 11.8. The van der Waals surface area contributed by atoms with Crippen molar-refractivity contribution >= 4 is 11.6 Å². The molecule has 3 aromatic heterocycles. The maximum Gasteiger partial charge on any atom is 0.428 e. The van der Waals surface area contributed by atoms with Gasteiger partial charge in [-0.25, -0.2) is 9.89 Å². The van der Waals surface area contributed by atoms with Gasteiger partial charge in [0.05, 0.1) is 18.3 Å². The van der Waals surface area contributed by atoms with Crippen LogP contribution in [0.15, 0.2) is 47.3 Å². The molecule has 3 N–H and O–H groups in total. The van der Waals surface area contributed by atoms with Crippen LogP contribution in [0.3, 0.4) is 0 Å². The molecule has 4 heterocycles. The van der Waals surface area contributed by atoms with E-state index >= 15 is 0 Å². The normalized spacial score (nSPS) is 17.0. The molecule has 4 aromatic rings. The highest BCUT2D eigenvalue weighted by Crippen LogP contribution is 2.33. The molecule has 9 nitrogen and oxygen atoms in total. The first kappa shape index (κ1) is 21.3. The molecule has 170 valence electrons. The van der Waals surface area contributed by atoms with Crippen LogP contribution in [0.25, 0.3) is 28.0 Å². The van der Waals surface area contributed by atoms with Gasteiger partial charge in [0.15, 0.2) is 0 Å². The van der Waals surface area contributed by atoms with Crippen molar-refractivity contribution in [3.63, 3.8) is 0 Å². The largest absolute Gasteiger partial charge is 0.428 e. The Morgan fingerprint density at radius 3 is 2.58 bits per heavy atom. The highest BCUT2D eigenvalue weighted by atomic mass is 16.5. The number of nitrogen functional groups attached to an aromatic ring is 1. The van der Waals surface area contributed by atoms with E-state index in [0.717, 1.165) is 41.2 Å². The molecule has 0 aliphatic carbocycles. The number of pyridine rings is 1. The van der Waals surface area contributed by atoms with Crippen LogP contribution in [0, 0.1) is 13.8 Å². The number of fused-ring (bicyclic) bond motifs is 1. The lowest BCUT2D eigenvalue weighted by atomic mass is 9.99. The number of nitrogens with zero attached hydrogens (tertiary/aromatic N) is 5. The number of nitrogens with two attached hydrogens (primary N) is 1. The molecule has 1 aliphatic rings. The topological polar surface area (TPSA) is 106 Å². The molecule has 33 heavy (non-hydrogen) atoms. The lowest BCUT2D eigenvalue weighted by Gasteiger charge is -2.29. The fraction of sp³-hybridized carbons (Fsp3) is 0.333. The molecule has 0 amide bonds. The van der Waals surface area contributed by atoms with Crippen LogP contribution >= 0.6 is 0 Å². The second-order valence-corrected chi connectivity index (χ2v) is 8.64. The third-order valence-electron chi connectivity index (χ3n) is 5.96. The summed E-state index contributed by atoms with van der Waals surface area (Å²) in [4.78, 5) is 24.8. The van der Waals surface area contributed by atoms with Gasteiger partial charge in [-0.05, 0) is 38.6 Å². The predicted molar refractivity (Wildman–Crippen MR) is 126 cm³/mol. The molecule has 0 saturated carbocycles. The number of ether oxygens (including phenoxy) is 1. The monoisotopic (exact) mass is 446 g/mol. The van der Waals surface area contributed by atoms with Crippen molar-refractivity contribution < 1.29 is 9.14 Å². The van der Waals surface area contributed by atoms with Crippen molar-refractivity contribution in [3.8, 4) is 22.4 Å². The maximum absolute atomic E-state index is 13.4. The van der Waals surface area contributed by atoms with Gasteiger partial charge in [-0.2, -0.15) is 4.68 Å². The zero-order chi connectivity index (χ0) is 23.1. The van der Waals surface area contributed by atoms with Crippen LogP contribution in [0.1, 0.15) is 11.4 Å². The van der Waals surface area contributed by atoms with E-state index in [-0.39, 0.29) is 17.7 Å². The van der Waals surface area contributed by atoms with E-state index in [1.165, 1.54) is 4.40 Å². The van der Waals surface area contributed by atoms with Crippen molar-refractivity contribution in [2.45, 2.75) is 26.5 Å². The average Bonchev–Trinajstić information content (AvgIpc) is 3.10. The molecular weight excluding hydrogens is 418 g/mol. The Kier molecular flexibility index (Phi) is 5.43. The highest BCUT2D eigenvalue weighted by Gasteiger charge is 2.28. The first-order valence-electron chi connectivity index (χ1n) is 11.1. The summed E-state index contributed by atoms with van der Waals surface area (Å²) < 4.78 is 8.90. The van der Waals surface area contributed by atoms with Gasteiger partial charge in [0.1, 0.15) is 12.2 Å². The molecule has 5 rings (SSSR count). The zero-order valence-corrected chi connectivity index (χ0v) is 19.1. The molecular formula is C24H28N7O2+. The van der Waals surface area contributed by atoms with E-state index < -0.39 is 0 Å². The molecule has 1 fully saturated rings. The predicted octanol–water partition coefficient (Wildman–Crippen LogP) is 1.57. The Labute approximate surface area is 191 Å². The lowest BCUT2D eigenvalue weighted by molar-refractivity contribution is -0.516. The highest BCUT2D eigenvalue weighted by molar-refractivity contribution is 5.88. The lowest BCUT2D eigenvalue weighted by Crippen LogP contribution is -2.47. The van der Waals surface area contributed by atoms with Gasteiger partial charge in [-0.3, -0.25) is 4.98 Å². The number of aromatic nitrogens is 5. The van der Waals surface area contributed by atoms with Crippen LogP contribution in [-0.2, 0) is 11.3 Å². The van der Waals surface area contributed by atoms with Crippen molar-refractivity contribution in [3.05, 3.63) is 64.3 Å². The van der Waals surface area contributed by atoms with Gasteiger partial charge in [-0.15, -0.1) is 9.38 Å². The van der Waals surface area contributed by atoms with Gasteiger partial charge < -0.3 is 15.4 Å². The number of aryl methyl sites for hydroxylation is 2. The first-order valence-corrected chi connectivity index (χ1v) is 11.1. The molecule has 0 bridgehead atoms. The summed E-state index contributed by atoms with van der Waals surface area (Å²) in [7, 11) is 2.05. The van der Waals surface area contributed by atoms with Crippen molar-refractivity contribution in [1.29, 1.82) is 0 Å².